The molecule has 0 saturated heterocycles. The van der Waals surface area contributed by atoms with Crippen LogP contribution < -0.4 is 5.73 Å². The third-order valence-corrected chi connectivity index (χ3v) is 3.62. The number of aromatic nitrogens is 2. The number of H-pyrrole nitrogens is 1. The van der Waals surface area contributed by atoms with Gasteiger partial charge in [-0.2, -0.15) is 5.10 Å². The molecule has 0 bridgehead atoms. The number of hydrogen-bond acceptors (Lipinski definition) is 3. The van der Waals surface area contributed by atoms with E-state index in [0.29, 0.717) is 22.6 Å². The van der Waals surface area contributed by atoms with E-state index in [9.17, 15) is 4.39 Å². The predicted molar refractivity (Wildman–Crippen MR) is 80.6 cm³/mol. The van der Waals surface area contributed by atoms with Gasteiger partial charge >= 0.3 is 0 Å². The highest BCUT2D eigenvalue weighted by Gasteiger charge is 2.21. The Morgan fingerprint density at radius 2 is 2.05 bits per heavy atom. The molecule has 0 aliphatic rings. The summed E-state index contributed by atoms with van der Waals surface area (Å²) in [5.74, 6) is 1.16. The molecule has 1 aromatic carbocycles. The zero-order valence-corrected chi connectivity index (χ0v) is 12.3. The summed E-state index contributed by atoms with van der Waals surface area (Å²) in [5.41, 5.74) is 8.11. The third kappa shape index (κ3) is 2.19. The standard InChI is InChI=1S/C15H13ClFN3O/c1-7-6-10(8(2)21-7)14-12(15(18)20-19-14)9-4-3-5-11(16)13(9)17/h3-6H,1-2H3,(H3,18,19,20). The van der Waals surface area contributed by atoms with E-state index in [1.54, 1.807) is 12.1 Å². The van der Waals surface area contributed by atoms with Crippen molar-refractivity contribution in [3.8, 4) is 22.4 Å². The fraction of sp³-hybridized carbons (Fsp3) is 0.133. The van der Waals surface area contributed by atoms with Gasteiger partial charge in [0.15, 0.2) is 5.82 Å². The van der Waals surface area contributed by atoms with Gasteiger partial charge in [-0.3, -0.25) is 5.10 Å². The van der Waals surface area contributed by atoms with Gasteiger partial charge in [0, 0.05) is 11.1 Å². The Kier molecular flexibility index (Phi) is 3.22. The maximum Gasteiger partial charge on any atom is 0.153 e. The number of nitrogens with two attached hydrogens (primary N) is 1. The molecule has 21 heavy (non-hydrogen) atoms. The Labute approximate surface area is 125 Å². The smallest absolute Gasteiger partial charge is 0.153 e. The zero-order valence-electron chi connectivity index (χ0n) is 11.5. The lowest BCUT2D eigenvalue weighted by Crippen LogP contribution is -1.92. The maximum atomic E-state index is 14.3. The zero-order chi connectivity index (χ0) is 15.1. The highest BCUT2D eigenvalue weighted by atomic mass is 35.5. The first-order chi connectivity index (χ1) is 9.99. The summed E-state index contributed by atoms with van der Waals surface area (Å²) < 4.78 is 19.8. The Morgan fingerprint density at radius 1 is 1.29 bits per heavy atom. The number of rotatable bonds is 2. The average molecular weight is 306 g/mol. The van der Waals surface area contributed by atoms with Gasteiger partial charge < -0.3 is 10.2 Å². The number of nitrogen functional groups attached to an aromatic ring is 1. The Balaban J connectivity index is 2.27. The third-order valence-electron chi connectivity index (χ3n) is 3.33. The summed E-state index contributed by atoms with van der Waals surface area (Å²) in [6.07, 6.45) is 0. The van der Waals surface area contributed by atoms with E-state index in [0.717, 1.165) is 11.3 Å². The van der Waals surface area contributed by atoms with Gasteiger partial charge in [-0.15, -0.1) is 0 Å². The Morgan fingerprint density at radius 3 is 2.71 bits per heavy atom. The summed E-state index contributed by atoms with van der Waals surface area (Å²) >= 11 is 5.85. The van der Waals surface area contributed by atoms with Crippen LogP contribution in [0.25, 0.3) is 22.4 Å². The fourth-order valence-corrected chi connectivity index (χ4v) is 2.57. The van der Waals surface area contributed by atoms with Crippen LogP contribution >= 0.6 is 11.6 Å². The molecule has 3 rings (SSSR count). The van der Waals surface area contributed by atoms with Crippen LogP contribution in [-0.2, 0) is 0 Å². The molecule has 0 saturated carbocycles. The first-order valence-electron chi connectivity index (χ1n) is 6.34. The molecule has 4 nitrogen and oxygen atoms in total. The fourth-order valence-electron chi connectivity index (χ4n) is 2.40. The van der Waals surface area contributed by atoms with Crippen LogP contribution in [0.3, 0.4) is 0 Å². The molecule has 2 aromatic heterocycles. The molecule has 0 spiro atoms. The van der Waals surface area contributed by atoms with Crippen molar-refractivity contribution in [3.05, 3.63) is 46.6 Å². The second-order valence-electron chi connectivity index (χ2n) is 4.79. The number of benzene rings is 1. The van der Waals surface area contributed by atoms with Crippen LogP contribution in [-0.4, -0.2) is 10.2 Å². The second-order valence-corrected chi connectivity index (χ2v) is 5.19. The second kappa shape index (κ2) is 4.93. The number of hydrogen-bond donors (Lipinski definition) is 2. The van der Waals surface area contributed by atoms with E-state index in [2.05, 4.69) is 10.2 Å². The van der Waals surface area contributed by atoms with Crippen molar-refractivity contribution in [1.29, 1.82) is 0 Å². The van der Waals surface area contributed by atoms with E-state index >= 15 is 0 Å². The Bertz CT molecular complexity index is 822. The van der Waals surface area contributed by atoms with E-state index in [-0.39, 0.29) is 10.8 Å². The lowest BCUT2D eigenvalue weighted by molar-refractivity contribution is 0.505. The number of anilines is 1. The lowest BCUT2D eigenvalue weighted by Gasteiger charge is -2.06. The molecule has 0 aliphatic heterocycles. The number of nitrogens with one attached hydrogen (secondary N) is 1. The maximum absolute atomic E-state index is 14.3. The van der Waals surface area contributed by atoms with Crippen molar-refractivity contribution >= 4 is 17.4 Å². The molecule has 0 radical (unpaired) electrons. The van der Waals surface area contributed by atoms with Crippen molar-refractivity contribution in [2.24, 2.45) is 0 Å². The number of aryl methyl sites for hydroxylation is 2. The number of furan rings is 1. The minimum absolute atomic E-state index is 0.0409. The van der Waals surface area contributed by atoms with Gasteiger partial charge in [0.2, 0.25) is 0 Å². The lowest BCUT2D eigenvalue weighted by atomic mass is 10.0. The van der Waals surface area contributed by atoms with E-state index in [1.165, 1.54) is 6.07 Å². The summed E-state index contributed by atoms with van der Waals surface area (Å²) in [7, 11) is 0. The van der Waals surface area contributed by atoms with Crippen molar-refractivity contribution in [2.45, 2.75) is 13.8 Å². The molecule has 0 unspecified atom stereocenters. The minimum atomic E-state index is -0.522. The van der Waals surface area contributed by atoms with Crippen molar-refractivity contribution in [1.82, 2.24) is 10.2 Å². The van der Waals surface area contributed by atoms with E-state index in [1.807, 2.05) is 19.9 Å². The summed E-state index contributed by atoms with van der Waals surface area (Å²) in [6.45, 7) is 3.67. The molecule has 0 amide bonds. The SMILES string of the molecule is Cc1cc(-c2[nH]nc(N)c2-c2cccc(Cl)c2F)c(C)o1. The molecule has 0 fully saturated rings. The van der Waals surface area contributed by atoms with Crippen LogP contribution in [0.2, 0.25) is 5.02 Å². The molecular formula is C15H13ClFN3O. The monoisotopic (exact) mass is 305 g/mol. The molecular weight excluding hydrogens is 293 g/mol. The Hall–Kier alpha value is -2.27. The van der Waals surface area contributed by atoms with Gasteiger partial charge in [-0.25, -0.2) is 4.39 Å². The van der Waals surface area contributed by atoms with Crippen molar-refractivity contribution in [2.75, 3.05) is 5.73 Å². The van der Waals surface area contributed by atoms with Crippen LogP contribution in [0.5, 0.6) is 0 Å². The van der Waals surface area contributed by atoms with Gasteiger partial charge in [0.25, 0.3) is 0 Å². The summed E-state index contributed by atoms with van der Waals surface area (Å²) in [6, 6.07) is 6.64. The van der Waals surface area contributed by atoms with E-state index in [4.69, 9.17) is 21.8 Å². The predicted octanol–water partition coefficient (Wildman–Crippen LogP) is 4.33. The molecule has 3 N–H and O–H groups in total. The largest absolute Gasteiger partial charge is 0.466 e. The highest BCUT2D eigenvalue weighted by Crippen LogP contribution is 2.39. The van der Waals surface area contributed by atoms with E-state index < -0.39 is 5.82 Å². The molecule has 2 heterocycles. The molecule has 108 valence electrons. The number of halogens is 2. The molecule has 3 aromatic rings. The van der Waals surface area contributed by atoms with Gasteiger partial charge in [-0.1, -0.05) is 23.7 Å². The molecule has 6 heteroatoms. The van der Waals surface area contributed by atoms with Gasteiger partial charge in [0.05, 0.1) is 16.3 Å². The quantitative estimate of drug-likeness (QED) is 0.740. The topological polar surface area (TPSA) is 67.8 Å². The number of aromatic amines is 1. The van der Waals surface area contributed by atoms with Crippen LogP contribution in [0.1, 0.15) is 11.5 Å². The molecule has 0 aliphatic carbocycles. The minimum Gasteiger partial charge on any atom is -0.466 e. The van der Waals surface area contributed by atoms with Crippen LogP contribution in [0, 0.1) is 19.7 Å². The van der Waals surface area contributed by atoms with Gasteiger partial charge in [-0.05, 0) is 26.0 Å². The average Bonchev–Trinajstić information content (AvgIpc) is 2.96. The summed E-state index contributed by atoms with van der Waals surface area (Å²) in [5, 5.41) is 6.88. The van der Waals surface area contributed by atoms with Crippen LogP contribution in [0.4, 0.5) is 10.2 Å². The normalized spacial score (nSPS) is 11.0. The van der Waals surface area contributed by atoms with Gasteiger partial charge in [0.1, 0.15) is 17.3 Å². The number of nitrogens with zero attached hydrogens (tertiary/aromatic N) is 1. The van der Waals surface area contributed by atoms with Crippen molar-refractivity contribution in [3.63, 3.8) is 0 Å². The molecule has 0 atom stereocenters. The first-order valence-corrected chi connectivity index (χ1v) is 6.72. The first kappa shape index (κ1) is 13.7. The summed E-state index contributed by atoms with van der Waals surface area (Å²) in [4.78, 5) is 0. The highest BCUT2D eigenvalue weighted by molar-refractivity contribution is 6.31. The van der Waals surface area contributed by atoms with Crippen molar-refractivity contribution < 1.29 is 8.81 Å². The van der Waals surface area contributed by atoms with Crippen LogP contribution in [0.15, 0.2) is 28.7 Å².